The number of hydrogen-bond donors (Lipinski definition) is 20. The summed E-state index contributed by atoms with van der Waals surface area (Å²) in [5.41, 5.74) is -6.59. The van der Waals surface area contributed by atoms with E-state index in [1.165, 1.54) is 34.6 Å². The minimum absolute atomic E-state index is 0.00525. The van der Waals surface area contributed by atoms with Crippen molar-refractivity contribution in [3.63, 3.8) is 0 Å². The summed E-state index contributed by atoms with van der Waals surface area (Å²) in [6, 6.07) is -3.46. The van der Waals surface area contributed by atoms with Crippen LogP contribution in [-0.2, 0) is 81.2 Å². The molecule has 39 heteroatoms. The molecule has 11 amide bonds. The number of β-amino-alcohol motifs (C(OH)–C–C–N with tert-alkyl or cyclic N) is 1. The molecule has 0 aromatic carbocycles. The van der Waals surface area contributed by atoms with Crippen LogP contribution in [0.4, 0.5) is 0 Å². The topological polar surface area (TPSA) is 572 Å². The number of likely N-dealkylation sites (tertiary alicyclic amines) is 1. The molecule has 2 saturated heterocycles. The molecule has 0 radical (unpaired) electrons. The van der Waals surface area contributed by atoms with E-state index in [0.717, 1.165) is 0 Å². The zero-order valence-electron chi connectivity index (χ0n) is 82.4. The molecule has 0 aromatic heterocycles. The third-order valence-corrected chi connectivity index (χ3v) is 23.6. The van der Waals surface area contributed by atoms with Crippen LogP contribution in [0.1, 0.15) is 256 Å². The Hall–Kier alpha value is -6.51. The van der Waals surface area contributed by atoms with Gasteiger partial charge >= 0.3 is 0 Å². The summed E-state index contributed by atoms with van der Waals surface area (Å²) in [5.74, 6) is -4.96. The van der Waals surface area contributed by atoms with E-state index in [-0.39, 0.29) is 165 Å². The smallest absolute Gasteiger partial charge is 0.226 e. The van der Waals surface area contributed by atoms with Crippen LogP contribution >= 0.6 is 0 Å². The fourth-order valence-corrected chi connectivity index (χ4v) is 17.3. The van der Waals surface area contributed by atoms with Crippen LogP contribution in [0.25, 0.3) is 0 Å². The van der Waals surface area contributed by atoms with Gasteiger partial charge in [-0.2, -0.15) is 0 Å². The Kier molecular flexibility index (Phi) is 51.0. The lowest BCUT2D eigenvalue weighted by Crippen LogP contribution is -2.64. The van der Waals surface area contributed by atoms with Crippen molar-refractivity contribution in [1.82, 2.24) is 63.0 Å². The van der Waals surface area contributed by atoms with Crippen molar-refractivity contribution in [3.8, 4) is 0 Å². The Balaban J connectivity index is 2.46. The predicted octanol–water partition coefficient (Wildman–Crippen LogP) is 1.08. The highest BCUT2D eigenvalue weighted by atomic mass is 16.7. The second-order valence-corrected chi connectivity index (χ2v) is 42.2. The highest BCUT2D eigenvalue weighted by Crippen LogP contribution is 2.39. The predicted molar refractivity (Wildman–Crippen MR) is 485 cm³/mol. The first-order valence-electron chi connectivity index (χ1n) is 46.0. The van der Waals surface area contributed by atoms with Crippen LogP contribution in [0.3, 0.4) is 0 Å². The second-order valence-electron chi connectivity index (χ2n) is 42.2. The van der Waals surface area contributed by atoms with Crippen molar-refractivity contribution in [1.29, 1.82) is 0 Å². The second kappa shape index (κ2) is 55.5. The molecule has 756 valence electrons. The fourth-order valence-electron chi connectivity index (χ4n) is 17.3. The van der Waals surface area contributed by atoms with Crippen molar-refractivity contribution >= 4 is 65.0 Å². The van der Waals surface area contributed by atoms with Crippen LogP contribution < -0.4 is 53.2 Å². The van der Waals surface area contributed by atoms with Crippen LogP contribution in [-0.4, -0.2) is 329 Å². The molecular weight excluding hydrogens is 1690 g/mol. The van der Waals surface area contributed by atoms with Crippen LogP contribution in [0.15, 0.2) is 0 Å². The number of carbonyl (C=O) groups is 11. The zero-order valence-corrected chi connectivity index (χ0v) is 82.4. The number of ether oxygens (including phenoxy) is 6. The van der Waals surface area contributed by atoms with E-state index in [9.17, 15) is 104 Å². The molecule has 2 rings (SSSR count). The number of aliphatic hydroxyl groups is 10. The minimum atomic E-state index is -1.52. The molecule has 0 aliphatic carbocycles. The molecule has 2 aliphatic heterocycles. The number of carbonyl (C=O) groups excluding carboxylic acids is 11. The van der Waals surface area contributed by atoms with Gasteiger partial charge in [-0.25, -0.2) is 0 Å². The van der Waals surface area contributed by atoms with Crippen molar-refractivity contribution < 1.29 is 132 Å². The normalized spacial score (nSPS) is 20.9. The lowest BCUT2D eigenvalue weighted by molar-refractivity contribution is -0.276. The van der Waals surface area contributed by atoms with Crippen molar-refractivity contribution in [2.24, 2.45) is 55.7 Å². The quantitative estimate of drug-likeness (QED) is 0.0379. The third kappa shape index (κ3) is 45.2. The highest BCUT2D eigenvalue weighted by Gasteiger charge is 2.48. The Morgan fingerprint density at radius 1 is 0.515 bits per heavy atom. The standard InChI is InChI=1S/C91H170N12O27/c1-55(34-56(2)38-93-78(122)57(3)36-84(10,11)50-125-79(65(40-104)98-61(7)111)128-67(42-106)59(5)109)37-92-70(115)28-31-91(101-73(118)26-25-27-74(119)103-39-64(114)35-58(103)4,33-30-72(117)96-53-102(24)54-97-83(124)90(22,23)47-88(18,19)52-127-81-75(100-63(9)113)77(121)76(120)69(44-108)130-81)32-29-71(116)94-48-85(12,13)45-86(14,15)49-95-82(123)89(20,21)46-87(16,17)51-126-80(66(41-105)99-62(8)112)129-68(43-107)60(6)110/h55-60,64-69,75-77,79-81,104-110,114,120-121H,25-54H2,1-24H3,(H,92,115)(H,93,122)(H,94,116)(H,95,123)(H,96,117)(H,97,124)(H,98,111)(H,99,112)(H,100,113)(H,101,118)/t55?,56?,57?,58-,59-,60-,64-,65+,66+,67?,68?,69?,75?,76?,77?,79?,80?,81?,91?/m1/s1. The average molecular weight is 1860 g/mol. The Morgan fingerprint density at radius 3 is 1.42 bits per heavy atom. The molecule has 130 heavy (non-hydrogen) atoms. The lowest BCUT2D eigenvalue weighted by Gasteiger charge is -2.43. The maximum absolute atomic E-state index is 14.5. The van der Waals surface area contributed by atoms with Crippen molar-refractivity contribution in [3.05, 3.63) is 0 Å². The first-order chi connectivity index (χ1) is 60.0. The summed E-state index contributed by atoms with van der Waals surface area (Å²) < 4.78 is 35.7. The van der Waals surface area contributed by atoms with Crippen LogP contribution in [0.5, 0.6) is 0 Å². The van der Waals surface area contributed by atoms with Gasteiger partial charge in [-0.3, -0.25) is 57.6 Å². The van der Waals surface area contributed by atoms with Crippen LogP contribution in [0, 0.1) is 55.7 Å². The van der Waals surface area contributed by atoms with Gasteiger partial charge in [0.25, 0.3) is 0 Å². The van der Waals surface area contributed by atoms with E-state index in [1.54, 1.807) is 51.5 Å². The minimum Gasteiger partial charge on any atom is -0.394 e. The summed E-state index contributed by atoms with van der Waals surface area (Å²) in [7, 11) is 1.67. The third-order valence-electron chi connectivity index (χ3n) is 23.6. The molecule has 0 bridgehead atoms. The van der Waals surface area contributed by atoms with Gasteiger partial charge in [0.15, 0.2) is 18.9 Å². The number of nitrogens with zero attached hydrogens (tertiary/aromatic N) is 2. The Bertz CT molecular complexity index is 3500. The van der Waals surface area contributed by atoms with E-state index in [4.69, 9.17) is 28.4 Å². The Morgan fingerprint density at radius 2 is 0.969 bits per heavy atom. The van der Waals surface area contributed by atoms with Gasteiger partial charge in [0.05, 0.1) is 84.5 Å². The summed E-state index contributed by atoms with van der Waals surface area (Å²) in [6.07, 6.45) is -11.5. The Labute approximate surface area is 771 Å². The zero-order chi connectivity index (χ0) is 99.4. The van der Waals surface area contributed by atoms with Gasteiger partial charge in [0.2, 0.25) is 65.0 Å². The first-order valence-corrected chi connectivity index (χ1v) is 46.0. The van der Waals surface area contributed by atoms with Gasteiger partial charge in [0, 0.05) is 114 Å². The molecule has 0 spiro atoms. The molecular formula is C91H170N12O27. The van der Waals surface area contributed by atoms with Gasteiger partial charge in [-0.15, -0.1) is 0 Å². The van der Waals surface area contributed by atoms with Gasteiger partial charge < -0.3 is 138 Å². The molecule has 2 fully saturated rings. The summed E-state index contributed by atoms with van der Waals surface area (Å²) >= 11 is 0. The average Bonchev–Trinajstić information content (AvgIpc) is 1.68. The maximum atomic E-state index is 14.5. The van der Waals surface area contributed by atoms with Gasteiger partial charge in [-0.1, -0.05) is 118 Å². The van der Waals surface area contributed by atoms with E-state index >= 15 is 0 Å². The molecule has 2 heterocycles. The first kappa shape index (κ1) is 120. The van der Waals surface area contributed by atoms with Gasteiger partial charge in [0.1, 0.15) is 48.6 Å². The number of hydrogen-bond acceptors (Lipinski definition) is 28. The lowest BCUT2D eigenvalue weighted by atomic mass is 9.73. The van der Waals surface area contributed by atoms with E-state index < -0.39 is 210 Å². The van der Waals surface area contributed by atoms with Gasteiger partial charge in [-0.05, 0) is 131 Å². The SMILES string of the molecule is CC(=O)NC1C(OCC(C)(C)CC(C)(C)C(=O)NCN(C)CNC(=O)CCC(CCC(=O)NCC(C)CC(C)CNC(=O)C(C)CC(C)(C)COC(OC(CO)[C@@H](C)O)[C@H](CO)NC(C)=O)(CCC(=O)NCC(C)(C)CC(C)(C)CNC(=O)C(C)(C)CC(C)(C)COC(OC(CO)[C@@H](C)O)[C@H](CO)NC(C)=O)NC(=O)CCCC(=O)N2C[C@H](O)C[C@H]2C)OC(CO)C(O)C1O. The molecule has 0 saturated carbocycles. The number of rotatable bonds is 64. The molecule has 0 aromatic rings. The molecule has 20 N–H and O–H groups in total. The molecule has 39 nitrogen and oxygen atoms in total. The molecule has 19 atom stereocenters. The van der Waals surface area contributed by atoms with E-state index in [0.29, 0.717) is 38.6 Å². The largest absolute Gasteiger partial charge is 0.394 e. The van der Waals surface area contributed by atoms with Crippen molar-refractivity contribution in [2.45, 2.75) is 353 Å². The highest BCUT2D eigenvalue weighted by molar-refractivity contribution is 5.84. The maximum Gasteiger partial charge on any atom is 0.226 e. The summed E-state index contributed by atoms with van der Waals surface area (Å²) in [5, 5.41) is 131. The van der Waals surface area contributed by atoms with E-state index in [2.05, 4.69) is 53.2 Å². The summed E-state index contributed by atoms with van der Waals surface area (Å²) in [6.45, 7) is 38.4. The fraction of sp³-hybridized carbons (Fsp3) is 0.879. The summed E-state index contributed by atoms with van der Waals surface area (Å²) in [4.78, 5) is 152. The molecule has 2 aliphatic rings. The van der Waals surface area contributed by atoms with E-state index in [1.807, 2.05) is 90.0 Å². The number of amides is 11. The monoisotopic (exact) mass is 1860 g/mol. The molecule has 13 unspecified atom stereocenters. The van der Waals surface area contributed by atoms with Crippen molar-refractivity contribution in [2.75, 3.05) is 106 Å². The number of aliphatic hydroxyl groups excluding tert-OH is 10. The van der Waals surface area contributed by atoms with Crippen LogP contribution in [0.2, 0.25) is 0 Å². The number of nitrogens with one attached hydrogen (secondary N) is 10.